The maximum Gasteiger partial charge on any atom is 0.325 e. The maximum atomic E-state index is 12.8. The van der Waals surface area contributed by atoms with E-state index in [0.29, 0.717) is 12.8 Å². The van der Waals surface area contributed by atoms with Crippen LogP contribution in [0, 0.1) is 0 Å². The van der Waals surface area contributed by atoms with Crippen LogP contribution < -0.4 is 16.4 Å². The first-order chi connectivity index (χ1) is 18.4. The van der Waals surface area contributed by atoms with Crippen molar-refractivity contribution in [3.8, 4) is 0 Å². The topological polar surface area (TPSA) is 200 Å². The molecule has 14 heteroatoms. The normalized spacial score (nSPS) is 13.1. The zero-order valence-corrected chi connectivity index (χ0v) is 24.0. The van der Waals surface area contributed by atoms with Gasteiger partial charge in [-0.1, -0.05) is 26.7 Å². The summed E-state index contributed by atoms with van der Waals surface area (Å²) in [6, 6.07) is -2.48. The van der Waals surface area contributed by atoms with E-state index in [4.69, 9.17) is 25.1 Å². The van der Waals surface area contributed by atoms with Gasteiger partial charge >= 0.3 is 23.9 Å². The molecule has 39 heavy (non-hydrogen) atoms. The van der Waals surface area contributed by atoms with E-state index in [-0.39, 0.29) is 38.2 Å². The number of hydrogen-bond acceptors (Lipinski definition) is 11. The van der Waals surface area contributed by atoms with Crippen LogP contribution in [-0.4, -0.2) is 89.7 Å². The van der Waals surface area contributed by atoms with Crippen molar-refractivity contribution in [1.82, 2.24) is 10.6 Å². The fourth-order valence-electron chi connectivity index (χ4n) is 2.82. The Kier molecular flexibility index (Phi) is 19.5. The summed E-state index contributed by atoms with van der Waals surface area (Å²) in [6.07, 6.45) is 1.79. The number of carbonyl (C=O) groups is 6. The van der Waals surface area contributed by atoms with E-state index in [1.165, 1.54) is 0 Å². The fraction of sp³-hybridized carbons (Fsp3) is 0.760. The minimum absolute atomic E-state index is 0.155. The first-order valence-electron chi connectivity index (χ1n) is 13.1. The van der Waals surface area contributed by atoms with E-state index in [9.17, 15) is 28.8 Å². The van der Waals surface area contributed by atoms with Gasteiger partial charge in [-0.3, -0.25) is 28.8 Å². The summed E-state index contributed by atoms with van der Waals surface area (Å²) >= 11 is 0.922. The van der Waals surface area contributed by atoms with E-state index in [1.807, 2.05) is 13.8 Å². The second kappa shape index (κ2) is 21.0. The van der Waals surface area contributed by atoms with E-state index < -0.39 is 65.7 Å². The lowest BCUT2D eigenvalue weighted by atomic mass is 10.1. The van der Waals surface area contributed by atoms with Crippen LogP contribution in [-0.2, 0) is 43.0 Å². The van der Waals surface area contributed by atoms with Crippen LogP contribution in [0.5, 0.6) is 0 Å². The molecule has 0 heterocycles. The lowest BCUT2D eigenvalue weighted by Gasteiger charge is -2.21. The molecule has 0 aliphatic carbocycles. The summed E-state index contributed by atoms with van der Waals surface area (Å²) < 4.78 is 15.4. The highest BCUT2D eigenvalue weighted by Crippen LogP contribution is 2.19. The Morgan fingerprint density at radius 1 is 0.949 bits per heavy atom. The Labute approximate surface area is 233 Å². The molecule has 0 spiro atoms. The highest BCUT2D eigenvalue weighted by atomic mass is 32.2. The van der Waals surface area contributed by atoms with Crippen molar-refractivity contribution in [2.45, 2.75) is 96.1 Å². The number of nitrogens with one attached hydrogen (secondary N) is 2. The molecule has 0 fully saturated rings. The minimum atomic E-state index is -1.27. The molecule has 2 amide bonds. The van der Waals surface area contributed by atoms with Crippen LogP contribution in [0.1, 0.15) is 72.6 Å². The van der Waals surface area contributed by atoms with Gasteiger partial charge in [0.05, 0.1) is 25.7 Å². The summed E-state index contributed by atoms with van der Waals surface area (Å²) in [6.45, 7) is 7.09. The molecule has 0 saturated carbocycles. The molecule has 0 saturated heterocycles. The Balaban J connectivity index is 5.46. The van der Waals surface area contributed by atoms with Crippen molar-refractivity contribution < 1.29 is 48.1 Å². The van der Waals surface area contributed by atoms with Crippen LogP contribution in [0.15, 0.2) is 0 Å². The number of carboxylic acids is 1. The smallest absolute Gasteiger partial charge is 0.325 e. The third-order valence-corrected chi connectivity index (χ3v) is 6.29. The number of hydrogen-bond donors (Lipinski definition) is 4. The molecule has 0 aliphatic rings. The standard InChI is InChI=1S/C25H43N3O10S/c1-5-7-11-36-21(30)13-19(25(35)37-12-8-6-2)39-15-18(23(32)27-14-22(31)38-16(3)4)28-20(29)10-9-17(26)24(33)34/h16-19H,5-15,26H2,1-4H3,(H,27,32)(H,28,29)(H,33,34). The summed E-state index contributed by atoms with van der Waals surface area (Å²) in [7, 11) is 0. The largest absolute Gasteiger partial charge is 0.480 e. The first kappa shape index (κ1) is 36.1. The van der Waals surface area contributed by atoms with E-state index in [1.54, 1.807) is 13.8 Å². The van der Waals surface area contributed by atoms with Gasteiger partial charge in [-0.05, 0) is 33.1 Å². The highest BCUT2D eigenvalue weighted by molar-refractivity contribution is 8.00. The number of ether oxygens (including phenoxy) is 3. The lowest BCUT2D eigenvalue weighted by molar-refractivity contribution is -0.149. The molecule has 3 atom stereocenters. The maximum absolute atomic E-state index is 12.8. The zero-order chi connectivity index (χ0) is 29.8. The molecule has 0 rings (SSSR count). The molecule has 0 radical (unpaired) electrons. The second-order valence-electron chi connectivity index (χ2n) is 8.98. The minimum Gasteiger partial charge on any atom is -0.480 e. The number of carbonyl (C=O) groups excluding carboxylic acids is 5. The quantitative estimate of drug-likeness (QED) is 0.0855. The van der Waals surface area contributed by atoms with Gasteiger partial charge in [0.15, 0.2) is 0 Å². The van der Waals surface area contributed by atoms with Gasteiger partial charge in [0.25, 0.3) is 0 Å². The number of esters is 3. The van der Waals surface area contributed by atoms with Crippen molar-refractivity contribution in [2.75, 3.05) is 25.5 Å². The molecular formula is C25H43N3O10S. The first-order valence-corrected chi connectivity index (χ1v) is 14.1. The highest BCUT2D eigenvalue weighted by Gasteiger charge is 2.29. The summed E-state index contributed by atoms with van der Waals surface area (Å²) in [5, 5.41) is 12.8. The Morgan fingerprint density at radius 2 is 1.56 bits per heavy atom. The molecule has 0 aromatic rings. The third kappa shape index (κ3) is 18.1. The van der Waals surface area contributed by atoms with Crippen molar-refractivity contribution in [1.29, 1.82) is 0 Å². The van der Waals surface area contributed by atoms with Crippen molar-refractivity contribution in [3.63, 3.8) is 0 Å². The average molecular weight is 578 g/mol. The van der Waals surface area contributed by atoms with Gasteiger partial charge in [0.2, 0.25) is 11.8 Å². The van der Waals surface area contributed by atoms with Crippen LogP contribution in [0.4, 0.5) is 0 Å². The van der Waals surface area contributed by atoms with E-state index >= 15 is 0 Å². The number of thioether (sulfide) groups is 1. The molecule has 0 aromatic heterocycles. The number of aliphatic carboxylic acids is 1. The van der Waals surface area contributed by atoms with E-state index in [2.05, 4.69) is 10.6 Å². The fourth-order valence-corrected chi connectivity index (χ4v) is 3.94. The second-order valence-corrected chi connectivity index (χ2v) is 10.2. The molecule has 0 aromatic carbocycles. The number of nitrogens with two attached hydrogens (primary N) is 1. The summed E-state index contributed by atoms with van der Waals surface area (Å²) in [5.41, 5.74) is 5.44. The summed E-state index contributed by atoms with van der Waals surface area (Å²) in [5.74, 6) is -4.75. The lowest BCUT2D eigenvalue weighted by Crippen LogP contribution is -2.50. The molecule has 3 unspecified atom stereocenters. The van der Waals surface area contributed by atoms with Gasteiger partial charge < -0.3 is 35.7 Å². The van der Waals surface area contributed by atoms with Gasteiger partial charge in [-0.15, -0.1) is 11.8 Å². The summed E-state index contributed by atoms with van der Waals surface area (Å²) in [4.78, 5) is 73.0. The molecule has 5 N–H and O–H groups in total. The van der Waals surface area contributed by atoms with Crippen molar-refractivity contribution >= 4 is 47.5 Å². The van der Waals surface area contributed by atoms with Gasteiger partial charge in [0.1, 0.15) is 23.9 Å². The van der Waals surface area contributed by atoms with Crippen molar-refractivity contribution in [2.24, 2.45) is 5.73 Å². The third-order valence-electron chi connectivity index (χ3n) is 5.01. The predicted molar refractivity (Wildman–Crippen MR) is 144 cm³/mol. The molecule has 0 bridgehead atoms. The number of rotatable bonds is 21. The SMILES string of the molecule is CCCCOC(=O)CC(SCC(NC(=O)CCC(N)C(=O)O)C(=O)NCC(=O)OC(C)C)C(=O)OCCCC. The average Bonchev–Trinajstić information content (AvgIpc) is 2.86. The molecule has 224 valence electrons. The van der Waals surface area contributed by atoms with Gasteiger partial charge in [-0.2, -0.15) is 0 Å². The van der Waals surface area contributed by atoms with Crippen molar-refractivity contribution in [3.05, 3.63) is 0 Å². The Hall–Kier alpha value is -2.87. The molecule has 13 nitrogen and oxygen atoms in total. The predicted octanol–water partition coefficient (Wildman–Crippen LogP) is 0.910. The monoisotopic (exact) mass is 577 g/mol. The van der Waals surface area contributed by atoms with Gasteiger partial charge in [-0.25, -0.2) is 0 Å². The van der Waals surface area contributed by atoms with Crippen LogP contribution in [0.3, 0.4) is 0 Å². The number of amides is 2. The van der Waals surface area contributed by atoms with E-state index in [0.717, 1.165) is 24.6 Å². The Bertz CT molecular complexity index is 809. The molecule has 0 aliphatic heterocycles. The Morgan fingerprint density at radius 3 is 2.13 bits per heavy atom. The van der Waals surface area contributed by atoms with Crippen LogP contribution in [0.2, 0.25) is 0 Å². The van der Waals surface area contributed by atoms with Gasteiger partial charge in [0, 0.05) is 12.2 Å². The number of carboxylic acid groups (broad SMARTS) is 1. The van der Waals surface area contributed by atoms with Crippen LogP contribution >= 0.6 is 11.8 Å². The molecular weight excluding hydrogens is 534 g/mol. The zero-order valence-electron chi connectivity index (χ0n) is 23.2. The number of unbranched alkanes of at least 4 members (excludes halogenated alkanes) is 2. The van der Waals surface area contributed by atoms with Crippen LogP contribution in [0.25, 0.3) is 0 Å².